The second-order valence-electron chi connectivity index (χ2n) is 22.4. The lowest BCUT2D eigenvalue weighted by atomic mass is 9.43. The number of hydrogen-bond acceptors (Lipinski definition) is 12. The number of ether oxygens (including phenoxy) is 5. The van der Waals surface area contributed by atoms with E-state index in [9.17, 15) is 29.6 Å². The minimum atomic E-state index is -2.36. The Hall–Kier alpha value is -4.47. The first-order valence-electron chi connectivity index (χ1n) is 24.8. The molecule has 0 amide bonds. The number of esters is 3. The molecule has 4 aliphatic carbocycles. The topological polar surface area (TPSA) is 170 Å². The van der Waals surface area contributed by atoms with Gasteiger partial charge >= 0.3 is 17.9 Å². The van der Waals surface area contributed by atoms with Crippen molar-refractivity contribution in [1.82, 2.24) is 0 Å². The van der Waals surface area contributed by atoms with Gasteiger partial charge in [-0.25, -0.2) is 14.4 Å². The molecule has 13 nitrogen and oxygen atoms in total. The highest BCUT2D eigenvalue weighted by Gasteiger charge is 2.69. The van der Waals surface area contributed by atoms with Crippen LogP contribution in [-0.4, -0.2) is 91.3 Å². The zero-order valence-electron chi connectivity index (χ0n) is 41.0. The number of nitrogens with zero attached hydrogens (tertiary/aromatic N) is 1. The summed E-state index contributed by atoms with van der Waals surface area (Å²) in [7, 11) is -2.36. The molecule has 0 radical (unpaired) electrons. The fourth-order valence-electron chi connectivity index (χ4n) is 12.9. The van der Waals surface area contributed by atoms with Crippen molar-refractivity contribution in [2.75, 3.05) is 6.54 Å². The summed E-state index contributed by atoms with van der Waals surface area (Å²) in [5.41, 5.74) is -0.750. The normalized spacial score (nSPS) is 35.1. The second kappa shape index (κ2) is 19.4. The van der Waals surface area contributed by atoms with Gasteiger partial charge in [0, 0.05) is 10.3 Å². The third kappa shape index (κ3) is 9.56. The summed E-state index contributed by atoms with van der Waals surface area (Å²) in [6.07, 6.45) is 0.195. The van der Waals surface area contributed by atoms with Crippen molar-refractivity contribution in [3.63, 3.8) is 0 Å². The van der Waals surface area contributed by atoms with Crippen molar-refractivity contribution in [3.05, 3.63) is 118 Å². The van der Waals surface area contributed by atoms with Gasteiger partial charge in [0.25, 0.3) is 0 Å². The maximum atomic E-state index is 13.9. The third-order valence-electron chi connectivity index (χ3n) is 17.7. The lowest BCUT2D eigenvalue weighted by Crippen LogP contribution is -2.64. The molecule has 1 unspecified atom stereocenters. The molecule has 3 aromatic carbocycles. The zero-order valence-corrected chi connectivity index (χ0v) is 42.0. The van der Waals surface area contributed by atoms with Gasteiger partial charge in [-0.2, -0.15) is 0 Å². The molecule has 5 fully saturated rings. The Labute approximate surface area is 402 Å². The number of benzene rings is 3. The van der Waals surface area contributed by atoms with E-state index >= 15 is 0 Å². The van der Waals surface area contributed by atoms with E-state index in [1.54, 1.807) is 97.9 Å². The lowest BCUT2D eigenvalue weighted by molar-refractivity contribution is -0.492. The standard InChI is InChI=1S/C54H71NO12Si/c1-34-44(64-47(56)35-18-12-9-13-19-35)45(65-48(57)36-20-14-10-15-21-36)46(66-49(58)37-22-16-11-17-23-37)50(62-34)63-39-26-29-52(5)38(32-39)24-25-41-40(52)27-30-53(6)42(28-31-54(41,53)59)43(33-55(60)61)67-68(7,8)51(2,3)4/h9-23,34,38-46,50,59H,24-33H2,1-8H3/t34-,38+,39-,40-,41+,42+,43?,44-,45+,46+,50-,52-,53+,54-/m0/s1. The third-order valence-corrected chi connectivity index (χ3v) is 22.2. The molecular formula is C54H71NO12Si. The highest BCUT2D eigenvalue weighted by atomic mass is 28.4. The van der Waals surface area contributed by atoms with Gasteiger partial charge in [-0.1, -0.05) is 89.2 Å². The quantitative estimate of drug-likeness (QED) is 0.0430. The van der Waals surface area contributed by atoms with Crippen LogP contribution in [0.4, 0.5) is 0 Å². The van der Waals surface area contributed by atoms with Crippen LogP contribution in [0.5, 0.6) is 0 Å². The number of aliphatic hydroxyl groups is 1. The van der Waals surface area contributed by atoms with Gasteiger partial charge < -0.3 is 33.2 Å². The molecule has 3 aromatic rings. The maximum absolute atomic E-state index is 13.9. The Morgan fingerprint density at radius 2 is 1.28 bits per heavy atom. The smallest absolute Gasteiger partial charge is 0.338 e. The first-order valence-corrected chi connectivity index (χ1v) is 27.7. The van der Waals surface area contributed by atoms with E-state index in [0.29, 0.717) is 31.2 Å². The first-order chi connectivity index (χ1) is 32.1. The Bertz CT molecular complexity index is 2270. The molecule has 14 atom stereocenters. The van der Waals surface area contributed by atoms with Gasteiger partial charge in [-0.15, -0.1) is 0 Å². The Kier molecular flexibility index (Phi) is 14.2. The molecule has 0 bridgehead atoms. The summed E-state index contributed by atoms with van der Waals surface area (Å²) in [5.74, 6) is -1.59. The van der Waals surface area contributed by atoms with Crippen LogP contribution in [-0.2, 0) is 28.1 Å². The second-order valence-corrected chi connectivity index (χ2v) is 27.2. The van der Waals surface area contributed by atoms with Crippen molar-refractivity contribution in [3.8, 4) is 0 Å². The molecule has 368 valence electrons. The fourth-order valence-corrected chi connectivity index (χ4v) is 14.2. The summed E-state index contributed by atoms with van der Waals surface area (Å²) in [5, 5.41) is 25.2. The van der Waals surface area contributed by atoms with Crippen molar-refractivity contribution in [2.45, 2.75) is 166 Å². The lowest BCUT2D eigenvalue weighted by Gasteiger charge is -2.64. The highest BCUT2D eigenvalue weighted by Crippen LogP contribution is 2.70. The summed E-state index contributed by atoms with van der Waals surface area (Å²) < 4.78 is 39.0. The predicted octanol–water partition coefficient (Wildman–Crippen LogP) is 10.2. The van der Waals surface area contributed by atoms with Gasteiger partial charge in [0.2, 0.25) is 6.54 Å². The molecule has 1 N–H and O–H groups in total. The number of rotatable bonds is 13. The molecule has 5 aliphatic rings. The Balaban J connectivity index is 1.03. The van der Waals surface area contributed by atoms with Gasteiger partial charge in [0.1, 0.15) is 6.10 Å². The zero-order chi connectivity index (χ0) is 48.8. The summed E-state index contributed by atoms with van der Waals surface area (Å²) >= 11 is 0. The first kappa shape index (κ1) is 49.9. The molecule has 4 saturated carbocycles. The number of fused-ring (bicyclic) bond motifs is 5. The van der Waals surface area contributed by atoms with E-state index in [4.69, 9.17) is 28.1 Å². The van der Waals surface area contributed by atoms with E-state index in [1.807, 2.05) is 0 Å². The van der Waals surface area contributed by atoms with E-state index in [1.165, 1.54) is 0 Å². The SMILES string of the molecule is C[C@@H]1O[C@@H](O[C@H]2CC[C@@]3(C)[C@H](CC[C@@H]4[C@@H]3CC[C@]3(C)[C@@H](C(C[N+](=O)[O-])O[Si](C)(C)C(C)(C)C)CC[C@]43O)C2)[C@H](OC(=O)c2ccccc2)[C@H](OC(=O)c2ccccc2)[C@H]1OC(=O)c1ccccc1. The van der Waals surface area contributed by atoms with Crippen LogP contribution in [0.2, 0.25) is 18.1 Å². The van der Waals surface area contributed by atoms with Crippen molar-refractivity contribution in [1.29, 1.82) is 0 Å². The summed E-state index contributed by atoms with van der Waals surface area (Å²) in [4.78, 5) is 53.4. The number of carbonyl (C=O) groups excluding carboxylic acids is 3. The average molecular weight is 954 g/mol. The molecule has 0 spiro atoms. The van der Waals surface area contributed by atoms with Crippen LogP contribution in [0.25, 0.3) is 0 Å². The van der Waals surface area contributed by atoms with Crippen molar-refractivity contribution < 1.29 is 52.5 Å². The molecule has 8 rings (SSSR count). The number of carbonyl (C=O) groups is 3. The van der Waals surface area contributed by atoms with Crippen LogP contribution in [0.15, 0.2) is 91.0 Å². The van der Waals surface area contributed by atoms with Crippen LogP contribution < -0.4 is 0 Å². The van der Waals surface area contributed by atoms with E-state index in [0.717, 1.165) is 32.1 Å². The summed E-state index contributed by atoms with van der Waals surface area (Å²) in [6.45, 7) is 16.8. The van der Waals surface area contributed by atoms with Gasteiger partial charge in [-0.3, -0.25) is 10.1 Å². The molecule has 1 aliphatic heterocycles. The Morgan fingerprint density at radius 1 is 0.750 bits per heavy atom. The Morgan fingerprint density at radius 3 is 1.81 bits per heavy atom. The van der Waals surface area contributed by atoms with Gasteiger partial charge in [0.15, 0.2) is 32.9 Å². The summed E-state index contributed by atoms with van der Waals surface area (Å²) in [6, 6.07) is 25.5. The molecule has 1 heterocycles. The average Bonchev–Trinajstić information content (AvgIpc) is 3.59. The molecule has 0 aromatic heterocycles. The molecule has 14 heteroatoms. The van der Waals surface area contributed by atoms with E-state index < -0.39 is 74.1 Å². The maximum Gasteiger partial charge on any atom is 0.338 e. The monoisotopic (exact) mass is 953 g/mol. The number of nitro groups is 1. The number of hydrogen-bond donors (Lipinski definition) is 1. The largest absolute Gasteiger partial charge is 0.452 e. The van der Waals surface area contributed by atoms with E-state index in [2.05, 4.69) is 47.7 Å². The minimum absolute atomic E-state index is 0.0500. The highest BCUT2D eigenvalue weighted by molar-refractivity contribution is 6.74. The van der Waals surface area contributed by atoms with Gasteiger partial charge in [0.05, 0.1) is 34.5 Å². The fraction of sp³-hybridized carbons (Fsp3) is 0.611. The minimum Gasteiger partial charge on any atom is -0.452 e. The van der Waals surface area contributed by atoms with Crippen LogP contribution >= 0.6 is 0 Å². The van der Waals surface area contributed by atoms with Crippen LogP contribution in [0.3, 0.4) is 0 Å². The van der Waals surface area contributed by atoms with Crippen LogP contribution in [0, 0.1) is 44.6 Å². The molecule has 68 heavy (non-hydrogen) atoms. The van der Waals surface area contributed by atoms with Gasteiger partial charge in [-0.05, 0) is 148 Å². The van der Waals surface area contributed by atoms with E-state index in [-0.39, 0.29) is 62.8 Å². The molecular weight excluding hydrogens is 883 g/mol. The predicted molar refractivity (Wildman–Crippen MR) is 257 cm³/mol. The van der Waals surface area contributed by atoms with Crippen molar-refractivity contribution in [2.24, 2.45) is 34.5 Å². The molecule has 1 saturated heterocycles. The van der Waals surface area contributed by atoms with Crippen LogP contribution in [0.1, 0.15) is 130 Å². The van der Waals surface area contributed by atoms with Crippen molar-refractivity contribution >= 4 is 26.2 Å².